The van der Waals surface area contributed by atoms with E-state index in [4.69, 9.17) is 23.2 Å². The lowest BCUT2D eigenvalue weighted by Gasteiger charge is -2.31. The summed E-state index contributed by atoms with van der Waals surface area (Å²) in [6.07, 6.45) is 3.01. The molecule has 0 bridgehead atoms. The fourth-order valence-electron chi connectivity index (χ4n) is 4.05. The van der Waals surface area contributed by atoms with E-state index in [1.54, 1.807) is 48.5 Å². The number of halogens is 2. The first-order chi connectivity index (χ1) is 14.4. The number of rotatable bonds is 4. The highest BCUT2D eigenvalue weighted by Crippen LogP contribution is 2.39. The molecule has 0 aromatic heterocycles. The number of allylic oxidation sites excluding steroid dienone is 2. The molecule has 1 aliphatic carbocycles. The molecule has 2 atom stereocenters. The summed E-state index contributed by atoms with van der Waals surface area (Å²) in [6, 6.07) is 13.6. The molecular weight excluding hydrogens is 423 g/mol. The van der Waals surface area contributed by atoms with Crippen molar-refractivity contribution in [3.05, 3.63) is 81.4 Å². The summed E-state index contributed by atoms with van der Waals surface area (Å²) >= 11 is 12.6. The molecule has 7 heteroatoms. The van der Waals surface area contributed by atoms with Crippen LogP contribution in [0.2, 0.25) is 10.0 Å². The summed E-state index contributed by atoms with van der Waals surface area (Å²) in [5.41, 5.74) is 1.93. The van der Waals surface area contributed by atoms with Crippen LogP contribution in [0.25, 0.3) is 0 Å². The summed E-state index contributed by atoms with van der Waals surface area (Å²) in [6.45, 7) is 1.93. The van der Waals surface area contributed by atoms with Crippen molar-refractivity contribution in [2.24, 2.45) is 11.8 Å². The normalized spacial score (nSPS) is 20.8. The lowest BCUT2D eigenvalue weighted by Crippen LogP contribution is -2.50. The maximum Gasteiger partial charge on any atom is 0.274 e. The molecule has 154 valence electrons. The Labute approximate surface area is 184 Å². The third kappa shape index (κ3) is 3.64. The summed E-state index contributed by atoms with van der Waals surface area (Å²) in [7, 11) is 0. The number of carbonyl (C=O) groups excluding carboxylic acids is 3. The lowest BCUT2D eigenvalue weighted by atomic mass is 9.82. The molecule has 5 nitrogen and oxygen atoms in total. The van der Waals surface area contributed by atoms with E-state index in [0.717, 1.165) is 10.6 Å². The van der Waals surface area contributed by atoms with Crippen LogP contribution in [0, 0.1) is 11.8 Å². The van der Waals surface area contributed by atoms with E-state index in [1.165, 1.54) is 5.01 Å². The number of hydrogen-bond acceptors (Lipinski definition) is 3. The van der Waals surface area contributed by atoms with Gasteiger partial charge < -0.3 is 0 Å². The van der Waals surface area contributed by atoms with Gasteiger partial charge in [-0.3, -0.25) is 14.4 Å². The molecule has 0 spiro atoms. The Morgan fingerprint density at radius 1 is 1.00 bits per heavy atom. The van der Waals surface area contributed by atoms with Crippen LogP contribution in [0.3, 0.4) is 0 Å². The van der Waals surface area contributed by atoms with Gasteiger partial charge in [-0.15, -0.1) is 0 Å². The second-order valence-electron chi connectivity index (χ2n) is 7.63. The standard InChI is InChI=1S/C23H20Cl2N2O3/c1-14-10-11-16-18(12-14)23(30)27(22(16)29)26(13-15-6-2-4-8-19(15)24)21(28)17-7-3-5-9-20(17)25/h2-10,16,18H,11-13H2,1H3/t16-,18-/m1/s1. The van der Waals surface area contributed by atoms with Crippen LogP contribution < -0.4 is 0 Å². The van der Waals surface area contributed by atoms with Crippen molar-refractivity contribution in [3.63, 3.8) is 0 Å². The molecule has 4 rings (SSSR count). The molecular formula is C23H20Cl2N2O3. The van der Waals surface area contributed by atoms with Crippen molar-refractivity contribution in [1.29, 1.82) is 0 Å². The molecule has 1 heterocycles. The summed E-state index contributed by atoms with van der Waals surface area (Å²) < 4.78 is 0. The van der Waals surface area contributed by atoms with Gasteiger partial charge in [0.1, 0.15) is 0 Å². The Morgan fingerprint density at radius 3 is 2.33 bits per heavy atom. The summed E-state index contributed by atoms with van der Waals surface area (Å²) in [4.78, 5) is 39.9. The van der Waals surface area contributed by atoms with Gasteiger partial charge in [0.25, 0.3) is 17.7 Å². The zero-order valence-corrected chi connectivity index (χ0v) is 17.9. The number of imide groups is 1. The summed E-state index contributed by atoms with van der Waals surface area (Å²) in [5.74, 6) is -2.14. The Hall–Kier alpha value is -2.63. The van der Waals surface area contributed by atoms with Gasteiger partial charge in [-0.2, -0.15) is 5.01 Å². The van der Waals surface area contributed by atoms with Crippen LogP contribution in [0.15, 0.2) is 60.2 Å². The molecule has 0 N–H and O–H groups in total. The van der Waals surface area contributed by atoms with Gasteiger partial charge in [-0.25, -0.2) is 5.01 Å². The first-order valence-corrected chi connectivity index (χ1v) is 10.5. The zero-order chi connectivity index (χ0) is 21.4. The predicted octanol–water partition coefficient (Wildman–Crippen LogP) is 4.89. The van der Waals surface area contributed by atoms with Gasteiger partial charge >= 0.3 is 0 Å². The fourth-order valence-corrected chi connectivity index (χ4v) is 4.46. The SMILES string of the molecule is CC1=CC[C@H]2C(=O)N(N(Cc3ccccc3Cl)C(=O)c3ccccc3Cl)C(=O)[C@@H]2C1. The van der Waals surface area contributed by atoms with E-state index in [2.05, 4.69) is 0 Å². The monoisotopic (exact) mass is 442 g/mol. The Balaban J connectivity index is 1.75. The van der Waals surface area contributed by atoms with E-state index in [1.807, 2.05) is 13.0 Å². The van der Waals surface area contributed by atoms with Gasteiger partial charge in [0.2, 0.25) is 0 Å². The molecule has 1 fully saturated rings. The second kappa shape index (κ2) is 8.25. The smallest absolute Gasteiger partial charge is 0.272 e. The van der Waals surface area contributed by atoms with Crippen LogP contribution in [-0.4, -0.2) is 27.7 Å². The number of benzene rings is 2. The molecule has 2 aliphatic rings. The van der Waals surface area contributed by atoms with Gasteiger partial charge in [0.15, 0.2) is 0 Å². The molecule has 0 radical (unpaired) electrons. The van der Waals surface area contributed by atoms with Crippen LogP contribution >= 0.6 is 23.2 Å². The number of amides is 3. The van der Waals surface area contributed by atoms with Crippen molar-refractivity contribution >= 4 is 40.9 Å². The van der Waals surface area contributed by atoms with E-state index >= 15 is 0 Å². The topological polar surface area (TPSA) is 57.7 Å². The molecule has 2 aromatic carbocycles. The average Bonchev–Trinajstić information content (AvgIpc) is 2.97. The van der Waals surface area contributed by atoms with Crippen molar-refractivity contribution in [1.82, 2.24) is 10.0 Å². The highest BCUT2D eigenvalue weighted by Gasteiger charge is 2.51. The average molecular weight is 443 g/mol. The van der Waals surface area contributed by atoms with Gasteiger partial charge in [0, 0.05) is 5.02 Å². The molecule has 0 saturated carbocycles. The minimum Gasteiger partial charge on any atom is -0.272 e. The highest BCUT2D eigenvalue weighted by molar-refractivity contribution is 6.34. The third-order valence-electron chi connectivity index (χ3n) is 5.66. The van der Waals surface area contributed by atoms with E-state index in [9.17, 15) is 14.4 Å². The first-order valence-electron chi connectivity index (χ1n) is 9.71. The van der Waals surface area contributed by atoms with Crippen LogP contribution in [-0.2, 0) is 16.1 Å². The van der Waals surface area contributed by atoms with E-state index in [0.29, 0.717) is 23.4 Å². The number of hydrogen-bond donors (Lipinski definition) is 0. The van der Waals surface area contributed by atoms with Crippen molar-refractivity contribution in [2.75, 3.05) is 0 Å². The molecule has 1 aliphatic heterocycles. The van der Waals surface area contributed by atoms with Gasteiger partial charge in [0.05, 0.1) is 29.0 Å². The number of carbonyl (C=O) groups is 3. The molecule has 1 saturated heterocycles. The zero-order valence-electron chi connectivity index (χ0n) is 16.3. The Kier molecular flexibility index (Phi) is 5.67. The number of hydrazine groups is 1. The second-order valence-corrected chi connectivity index (χ2v) is 8.44. The minimum atomic E-state index is -0.523. The van der Waals surface area contributed by atoms with E-state index < -0.39 is 17.7 Å². The minimum absolute atomic E-state index is 0.0208. The fraction of sp³-hybridized carbons (Fsp3) is 0.261. The molecule has 3 amide bonds. The quantitative estimate of drug-likeness (QED) is 0.500. The third-order valence-corrected chi connectivity index (χ3v) is 6.36. The first kappa shape index (κ1) is 20.6. The van der Waals surface area contributed by atoms with Crippen molar-refractivity contribution in [2.45, 2.75) is 26.3 Å². The van der Waals surface area contributed by atoms with Crippen LogP contribution in [0.5, 0.6) is 0 Å². The van der Waals surface area contributed by atoms with Crippen molar-refractivity contribution in [3.8, 4) is 0 Å². The van der Waals surface area contributed by atoms with Crippen LogP contribution in [0.1, 0.15) is 35.7 Å². The lowest BCUT2D eigenvalue weighted by molar-refractivity contribution is -0.155. The van der Waals surface area contributed by atoms with Gasteiger partial charge in [-0.1, -0.05) is 65.2 Å². The van der Waals surface area contributed by atoms with E-state index in [-0.39, 0.29) is 28.9 Å². The number of fused-ring (bicyclic) bond motifs is 1. The number of nitrogens with zero attached hydrogens (tertiary/aromatic N) is 2. The molecule has 0 unspecified atom stereocenters. The largest absolute Gasteiger partial charge is 0.274 e. The highest BCUT2D eigenvalue weighted by atomic mass is 35.5. The van der Waals surface area contributed by atoms with Gasteiger partial charge in [-0.05, 0) is 43.5 Å². The summed E-state index contributed by atoms with van der Waals surface area (Å²) in [5, 5.41) is 2.89. The maximum absolute atomic E-state index is 13.5. The van der Waals surface area contributed by atoms with Crippen molar-refractivity contribution < 1.29 is 14.4 Å². The maximum atomic E-state index is 13.5. The Morgan fingerprint density at radius 2 is 1.63 bits per heavy atom. The van der Waals surface area contributed by atoms with Crippen LogP contribution in [0.4, 0.5) is 0 Å². The Bertz CT molecular complexity index is 1070. The predicted molar refractivity (Wildman–Crippen MR) is 115 cm³/mol. The molecule has 30 heavy (non-hydrogen) atoms. The molecule has 2 aromatic rings.